The summed E-state index contributed by atoms with van der Waals surface area (Å²) in [6, 6.07) is -1.20. The van der Waals surface area contributed by atoms with Gasteiger partial charge in [0.05, 0.1) is 30.5 Å². The summed E-state index contributed by atoms with van der Waals surface area (Å²) in [5.41, 5.74) is 1.20. The predicted octanol–water partition coefficient (Wildman–Crippen LogP) is 6.05. The lowest BCUT2D eigenvalue weighted by Crippen LogP contribution is -2.61. The molecule has 3 fully saturated rings. The van der Waals surface area contributed by atoms with E-state index in [1.54, 1.807) is 52.1 Å². The molecule has 69 heavy (non-hydrogen) atoms. The molecule has 2 saturated heterocycles. The number of hydrogen-bond acceptors (Lipinski definition) is 15. The van der Waals surface area contributed by atoms with E-state index in [0.29, 0.717) is 56.9 Å². The van der Waals surface area contributed by atoms with Crippen LogP contribution in [0.2, 0.25) is 0 Å². The van der Waals surface area contributed by atoms with Gasteiger partial charge in [-0.1, -0.05) is 71.1 Å². The first-order valence-electron chi connectivity index (χ1n) is 25.0. The number of allylic oxidation sites excluding steroid dienone is 6. The second-order valence-corrected chi connectivity index (χ2v) is 20.4. The standard InChI is InChI=1S/C52H79N5O12/c1-31-16-12-11-13-17-32(2)43(65-8)28-39-21-19-37(7)52(64,69-39)49(61)50(62)56-23-15-14-18-41(56)51(63)68-44(34(4)26-38-20-22-40(45(27-38)66-9)57-30-53-54-55-57)29-42(58)33(3)25-36(6)47(60)48(67-10)46(59)35(5)24-31/h11-13,16-17,25,30-31,34-41,43-45,47-48,60,64H,14-15,18-24,26-29H2,1-10H3/t31-,34-,35?,36?,37-,38+,39+,40+,41+,43+,44+,45?,47-,48?,52-/m1/s1. The van der Waals surface area contributed by atoms with Crippen LogP contribution >= 0.6 is 0 Å². The summed E-state index contributed by atoms with van der Waals surface area (Å²) in [5.74, 6) is -7.89. The molecule has 15 atom stereocenters. The van der Waals surface area contributed by atoms with E-state index in [9.17, 15) is 34.2 Å². The van der Waals surface area contributed by atoms with Crippen LogP contribution in [0.4, 0.5) is 0 Å². The van der Waals surface area contributed by atoms with Crippen LogP contribution in [0, 0.1) is 35.5 Å². The van der Waals surface area contributed by atoms with Crippen molar-refractivity contribution in [3.05, 3.63) is 53.9 Å². The molecule has 17 heteroatoms. The number of methoxy groups -OCH3 is 3. The molecule has 1 aromatic heterocycles. The summed E-state index contributed by atoms with van der Waals surface area (Å²) in [6.07, 6.45) is 14.0. The monoisotopic (exact) mass is 966 g/mol. The maximum absolute atomic E-state index is 14.5. The average Bonchev–Trinajstić information content (AvgIpc) is 3.88. The minimum atomic E-state index is -2.43. The second kappa shape index (κ2) is 25.7. The number of aliphatic hydroxyl groups is 2. The lowest BCUT2D eigenvalue weighted by Gasteiger charge is -2.42. The molecule has 1 saturated carbocycles. The van der Waals surface area contributed by atoms with Crippen molar-refractivity contribution in [2.75, 3.05) is 27.9 Å². The molecule has 384 valence electrons. The van der Waals surface area contributed by atoms with Crippen LogP contribution in [0.3, 0.4) is 0 Å². The molecule has 5 rings (SSSR count). The topological polar surface area (TPSA) is 219 Å². The molecule has 0 spiro atoms. The number of hydrogen-bond donors (Lipinski definition) is 2. The fourth-order valence-corrected chi connectivity index (χ4v) is 10.8. The average molecular weight is 966 g/mol. The fraction of sp³-hybridized carbons (Fsp3) is 0.731. The molecule has 2 bridgehead atoms. The van der Waals surface area contributed by atoms with E-state index in [1.807, 2.05) is 58.1 Å². The highest BCUT2D eigenvalue weighted by Gasteiger charge is 2.53. The summed E-state index contributed by atoms with van der Waals surface area (Å²) in [6.45, 7) is 12.8. The van der Waals surface area contributed by atoms with Crippen molar-refractivity contribution in [2.24, 2.45) is 35.5 Å². The third kappa shape index (κ3) is 14.2. The zero-order valence-electron chi connectivity index (χ0n) is 42.5. The van der Waals surface area contributed by atoms with Crippen LogP contribution in [0.1, 0.15) is 132 Å². The molecule has 1 aromatic rings. The number of fused-ring (bicyclic) bond motifs is 3. The highest BCUT2D eigenvalue weighted by Crippen LogP contribution is 2.39. The van der Waals surface area contributed by atoms with Gasteiger partial charge in [0.15, 0.2) is 11.6 Å². The van der Waals surface area contributed by atoms with E-state index in [1.165, 1.54) is 12.0 Å². The van der Waals surface area contributed by atoms with Gasteiger partial charge < -0.3 is 38.8 Å². The highest BCUT2D eigenvalue weighted by molar-refractivity contribution is 6.39. The van der Waals surface area contributed by atoms with Gasteiger partial charge in [-0.05, 0) is 117 Å². The summed E-state index contributed by atoms with van der Waals surface area (Å²) in [7, 11) is 4.63. The Labute approximate surface area is 408 Å². The summed E-state index contributed by atoms with van der Waals surface area (Å²) < 4.78 is 31.6. The number of cyclic esters (lactones) is 1. The number of carbonyl (C=O) groups is 5. The van der Waals surface area contributed by atoms with Crippen molar-refractivity contribution in [1.29, 1.82) is 0 Å². The van der Waals surface area contributed by atoms with Gasteiger partial charge >= 0.3 is 5.97 Å². The van der Waals surface area contributed by atoms with Crippen molar-refractivity contribution >= 4 is 29.2 Å². The number of nitrogens with zero attached hydrogens (tertiary/aromatic N) is 5. The van der Waals surface area contributed by atoms with Crippen LogP contribution in [0.25, 0.3) is 0 Å². The Morgan fingerprint density at radius 1 is 0.899 bits per heavy atom. The van der Waals surface area contributed by atoms with Gasteiger partial charge in [0.1, 0.15) is 24.6 Å². The lowest BCUT2D eigenvalue weighted by molar-refractivity contribution is -0.265. The molecule has 0 aromatic carbocycles. The van der Waals surface area contributed by atoms with Crippen LogP contribution in [0.5, 0.6) is 0 Å². The first kappa shape index (κ1) is 55.7. The molecule has 17 nitrogen and oxygen atoms in total. The van der Waals surface area contributed by atoms with E-state index < -0.39 is 77.8 Å². The molecule has 4 aliphatic rings. The van der Waals surface area contributed by atoms with E-state index in [2.05, 4.69) is 15.5 Å². The SMILES string of the molecule is COC1C(=O)C(C)C[C@H](C)C=CC=CC=C(C)[C@@H](OC)C[C@@H]2CC[C@@H](C)[C@@](O)(O2)C(=O)C(=O)N2CCCC[C@H]2C(=O)O[C@H]([C@H](C)C[C@@H]2CC[C@H](n3cnnn3)C(OC)C2)CC(=O)C(C)=CC(C)[C@H]1O. The van der Waals surface area contributed by atoms with E-state index in [4.69, 9.17) is 23.7 Å². The van der Waals surface area contributed by atoms with Crippen molar-refractivity contribution in [3.63, 3.8) is 0 Å². The number of aromatic nitrogens is 4. The van der Waals surface area contributed by atoms with Gasteiger partial charge in [0.2, 0.25) is 5.79 Å². The number of esters is 1. The van der Waals surface area contributed by atoms with Crippen LogP contribution in [0.15, 0.2) is 53.9 Å². The number of ketones is 3. The van der Waals surface area contributed by atoms with Crippen molar-refractivity contribution in [1.82, 2.24) is 25.1 Å². The predicted molar refractivity (Wildman–Crippen MR) is 256 cm³/mol. The number of amides is 1. The maximum Gasteiger partial charge on any atom is 0.329 e. The van der Waals surface area contributed by atoms with Crippen LogP contribution < -0.4 is 0 Å². The smallest absolute Gasteiger partial charge is 0.329 e. The normalized spacial score (nSPS) is 36.3. The van der Waals surface area contributed by atoms with E-state index in [-0.39, 0.29) is 60.9 Å². The third-order valence-corrected chi connectivity index (χ3v) is 15.2. The van der Waals surface area contributed by atoms with Gasteiger partial charge in [-0.3, -0.25) is 19.2 Å². The molecule has 2 N–H and O–H groups in total. The largest absolute Gasteiger partial charge is 0.460 e. The molecule has 4 unspecified atom stereocenters. The molecule has 3 aliphatic heterocycles. The summed E-state index contributed by atoms with van der Waals surface area (Å²) >= 11 is 0. The van der Waals surface area contributed by atoms with Gasteiger partial charge in [-0.2, -0.15) is 0 Å². The number of Topliss-reactive ketones (excluding diaryl/α,β-unsaturated/α-hetero) is 3. The van der Waals surface area contributed by atoms with E-state index in [0.717, 1.165) is 18.4 Å². The highest BCUT2D eigenvalue weighted by atomic mass is 16.6. The molecule has 4 heterocycles. The van der Waals surface area contributed by atoms with Crippen molar-refractivity contribution in [2.45, 2.75) is 180 Å². The second-order valence-electron chi connectivity index (χ2n) is 20.4. The first-order chi connectivity index (χ1) is 32.8. The Hall–Kier alpha value is -4.26. The van der Waals surface area contributed by atoms with Crippen LogP contribution in [-0.4, -0.2) is 141 Å². The Balaban J connectivity index is 1.46. The van der Waals surface area contributed by atoms with Crippen LogP contribution in [-0.2, 0) is 47.7 Å². The molecular weight excluding hydrogens is 887 g/mol. The lowest BCUT2D eigenvalue weighted by atomic mass is 9.77. The number of piperidine rings is 1. The molecule has 1 amide bonds. The van der Waals surface area contributed by atoms with Gasteiger partial charge in [-0.25, -0.2) is 9.48 Å². The zero-order valence-corrected chi connectivity index (χ0v) is 42.5. The maximum atomic E-state index is 14.5. The number of carbonyl (C=O) groups excluding carboxylic acids is 5. The number of tetrazole rings is 1. The quantitative estimate of drug-likeness (QED) is 0.235. The van der Waals surface area contributed by atoms with Gasteiger partial charge in [-0.15, -0.1) is 5.10 Å². The van der Waals surface area contributed by atoms with E-state index >= 15 is 0 Å². The zero-order chi connectivity index (χ0) is 50.6. The number of ether oxygens (including phenoxy) is 5. The van der Waals surface area contributed by atoms with Crippen molar-refractivity contribution in [3.8, 4) is 0 Å². The van der Waals surface area contributed by atoms with Gasteiger partial charge in [0.25, 0.3) is 11.7 Å². The molecule has 0 radical (unpaired) electrons. The Kier molecular flexibility index (Phi) is 20.8. The fourth-order valence-electron chi connectivity index (χ4n) is 10.8. The van der Waals surface area contributed by atoms with Gasteiger partial charge in [0, 0.05) is 58.5 Å². The minimum absolute atomic E-state index is 0.0197. The summed E-state index contributed by atoms with van der Waals surface area (Å²) in [4.78, 5) is 72.3. The molecule has 1 aliphatic carbocycles. The Morgan fingerprint density at radius 2 is 1.65 bits per heavy atom. The number of aliphatic hydroxyl groups excluding tert-OH is 1. The van der Waals surface area contributed by atoms with Crippen molar-refractivity contribution < 1.29 is 57.9 Å². The minimum Gasteiger partial charge on any atom is -0.460 e. The number of rotatable bonds is 7. The first-order valence-corrected chi connectivity index (χ1v) is 25.0. The Bertz CT molecular complexity index is 2020. The Morgan fingerprint density at radius 3 is 2.33 bits per heavy atom. The summed E-state index contributed by atoms with van der Waals surface area (Å²) in [5, 5.41) is 35.2. The third-order valence-electron chi connectivity index (χ3n) is 15.2. The molecular formula is C52H79N5O12.